The summed E-state index contributed by atoms with van der Waals surface area (Å²) in [7, 11) is 0. The number of benzene rings is 1. The zero-order valence-electron chi connectivity index (χ0n) is 6.40. The molecule has 0 saturated carbocycles. The number of aryl methyl sites for hydroxylation is 1. The van der Waals surface area contributed by atoms with Gasteiger partial charge < -0.3 is 5.73 Å². The first-order chi connectivity index (χ1) is 5.52. The summed E-state index contributed by atoms with van der Waals surface area (Å²) in [6.45, 7) is 1.84. The summed E-state index contributed by atoms with van der Waals surface area (Å²) in [5.74, 6) is -0.485. The van der Waals surface area contributed by atoms with E-state index in [0.29, 0.717) is 10.6 Å². The molecule has 1 aromatic rings. The van der Waals surface area contributed by atoms with Gasteiger partial charge in [-0.05, 0) is 47.2 Å². The molecule has 0 unspecified atom stereocenters. The van der Waals surface area contributed by atoms with Crippen molar-refractivity contribution in [3.8, 4) is 0 Å². The minimum Gasteiger partial charge on any atom is -0.366 e. The van der Waals surface area contributed by atoms with E-state index in [-0.39, 0.29) is 0 Å². The van der Waals surface area contributed by atoms with Crippen LogP contribution < -0.4 is 5.73 Å². The predicted octanol–water partition coefficient (Wildman–Crippen LogP) is 2.35. The van der Waals surface area contributed by atoms with Gasteiger partial charge in [0.05, 0.1) is 10.6 Å². The molecule has 1 amide bonds. The lowest BCUT2D eigenvalue weighted by atomic mass is 10.1. The maximum Gasteiger partial charge on any atom is 0.250 e. The van der Waals surface area contributed by atoms with Gasteiger partial charge in [0.2, 0.25) is 5.91 Å². The first-order valence-electron chi connectivity index (χ1n) is 3.28. The Morgan fingerprint density at radius 1 is 1.58 bits per heavy atom. The molecule has 2 N–H and O–H groups in total. The third-order valence-corrected chi connectivity index (χ3v) is 2.61. The molecule has 0 bridgehead atoms. The number of carbonyl (C=O) groups excluding carboxylic acids is 1. The molecule has 1 rings (SSSR count). The molecule has 0 radical (unpaired) electrons. The normalized spacial score (nSPS) is 9.92. The van der Waals surface area contributed by atoms with Crippen LogP contribution in [0.2, 0.25) is 5.02 Å². The van der Waals surface area contributed by atoms with Crippen LogP contribution in [0.3, 0.4) is 0 Å². The van der Waals surface area contributed by atoms with Crippen molar-refractivity contribution in [1.29, 1.82) is 0 Å². The second-order valence-electron chi connectivity index (χ2n) is 2.45. The summed E-state index contributed by atoms with van der Waals surface area (Å²) >= 11 is 7.97. The molecular formula is C8H7ClINO. The van der Waals surface area contributed by atoms with Crippen molar-refractivity contribution >= 4 is 40.1 Å². The first kappa shape index (κ1) is 9.80. The lowest BCUT2D eigenvalue weighted by Crippen LogP contribution is -2.12. The van der Waals surface area contributed by atoms with Gasteiger partial charge in [-0.3, -0.25) is 4.79 Å². The molecule has 64 valence electrons. The molecular weight excluding hydrogens is 288 g/mol. The summed E-state index contributed by atoms with van der Waals surface area (Å²) in [5, 5.41) is 0.447. The Labute approximate surface area is 89.2 Å². The largest absolute Gasteiger partial charge is 0.366 e. The van der Waals surface area contributed by atoms with E-state index in [1.165, 1.54) is 0 Å². The van der Waals surface area contributed by atoms with Gasteiger partial charge in [-0.1, -0.05) is 11.6 Å². The third kappa shape index (κ3) is 1.90. The van der Waals surface area contributed by atoms with Crippen molar-refractivity contribution in [2.24, 2.45) is 5.73 Å². The van der Waals surface area contributed by atoms with E-state index in [1.54, 1.807) is 6.07 Å². The zero-order chi connectivity index (χ0) is 9.30. The fraction of sp³-hybridized carbons (Fsp3) is 0.125. The van der Waals surface area contributed by atoms with Crippen LogP contribution >= 0.6 is 34.2 Å². The highest BCUT2D eigenvalue weighted by atomic mass is 127. The van der Waals surface area contributed by atoms with Crippen LogP contribution in [-0.4, -0.2) is 5.91 Å². The molecule has 0 aliphatic rings. The molecule has 2 nitrogen and oxygen atoms in total. The minimum absolute atomic E-state index is 0.390. The van der Waals surface area contributed by atoms with Crippen molar-refractivity contribution in [3.63, 3.8) is 0 Å². The van der Waals surface area contributed by atoms with Crippen LogP contribution in [0, 0.1) is 10.5 Å². The average molecular weight is 296 g/mol. The van der Waals surface area contributed by atoms with Crippen molar-refractivity contribution in [2.75, 3.05) is 0 Å². The number of halogens is 2. The van der Waals surface area contributed by atoms with Gasteiger partial charge in [-0.15, -0.1) is 0 Å². The van der Waals surface area contributed by atoms with E-state index in [0.717, 1.165) is 9.13 Å². The fourth-order valence-electron chi connectivity index (χ4n) is 0.905. The number of primary amides is 1. The average Bonchev–Trinajstić information content (AvgIpc) is 1.96. The molecule has 0 saturated heterocycles. The Morgan fingerprint density at radius 2 is 2.17 bits per heavy atom. The lowest BCUT2D eigenvalue weighted by Gasteiger charge is -2.03. The topological polar surface area (TPSA) is 43.1 Å². The van der Waals surface area contributed by atoms with Gasteiger partial charge in [0.1, 0.15) is 0 Å². The Bertz CT molecular complexity index is 338. The molecule has 0 aliphatic heterocycles. The van der Waals surface area contributed by atoms with Crippen LogP contribution in [0.1, 0.15) is 15.9 Å². The molecule has 12 heavy (non-hydrogen) atoms. The van der Waals surface area contributed by atoms with Gasteiger partial charge in [0.25, 0.3) is 0 Å². The third-order valence-electron chi connectivity index (χ3n) is 1.48. The fourth-order valence-corrected chi connectivity index (χ4v) is 1.89. The Kier molecular flexibility index (Phi) is 2.95. The monoisotopic (exact) mass is 295 g/mol. The van der Waals surface area contributed by atoms with E-state index in [4.69, 9.17) is 17.3 Å². The number of amides is 1. The van der Waals surface area contributed by atoms with E-state index < -0.39 is 5.91 Å². The van der Waals surface area contributed by atoms with E-state index in [1.807, 2.05) is 13.0 Å². The van der Waals surface area contributed by atoms with Gasteiger partial charge in [-0.2, -0.15) is 0 Å². The number of hydrogen-bond acceptors (Lipinski definition) is 1. The van der Waals surface area contributed by atoms with Crippen LogP contribution in [0.15, 0.2) is 12.1 Å². The summed E-state index contributed by atoms with van der Waals surface area (Å²) in [6.07, 6.45) is 0. The number of carbonyl (C=O) groups is 1. The molecule has 1 aromatic carbocycles. The number of nitrogens with two attached hydrogens (primary N) is 1. The summed E-state index contributed by atoms with van der Waals surface area (Å²) in [5.41, 5.74) is 6.39. The van der Waals surface area contributed by atoms with E-state index in [2.05, 4.69) is 22.6 Å². The second kappa shape index (κ2) is 3.62. The Balaban J connectivity index is 3.37. The van der Waals surface area contributed by atoms with Gasteiger partial charge in [0.15, 0.2) is 0 Å². The van der Waals surface area contributed by atoms with Gasteiger partial charge in [-0.25, -0.2) is 0 Å². The smallest absolute Gasteiger partial charge is 0.250 e. The van der Waals surface area contributed by atoms with E-state index in [9.17, 15) is 4.79 Å². The second-order valence-corrected chi connectivity index (χ2v) is 4.07. The van der Waals surface area contributed by atoms with Crippen LogP contribution in [0.5, 0.6) is 0 Å². The molecule has 0 fully saturated rings. The molecule has 0 atom stereocenters. The molecule has 0 spiro atoms. The quantitative estimate of drug-likeness (QED) is 0.794. The molecule has 0 aliphatic carbocycles. The highest BCUT2D eigenvalue weighted by Gasteiger charge is 2.09. The maximum atomic E-state index is 10.9. The summed E-state index contributed by atoms with van der Waals surface area (Å²) in [4.78, 5) is 10.9. The van der Waals surface area contributed by atoms with Crippen LogP contribution in [0.4, 0.5) is 0 Å². The highest BCUT2D eigenvalue weighted by Crippen LogP contribution is 2.22. The molecule has 0 heterocycles. The van der Waals surface area contributed by atoms with Crippen molar-refractivity contribution < 1.29 is 4.79 Å². The van der Waals surface area contributed by atoms with Crippen LogP contribution in [-0.2, 0) is 0 Å². The SMILES string of the molecule is Cc1cc(I)cc(C(N)=O)c1Cl. The van der Waals surface area contributed by atoms with Crippen molar-refractivity contribution in [1.82, 2.24) is 0 Å². The Hall–Kier alpha value is -0.290. The maximum absolute atomic E-state index is 10.9. The molecule has 0 aromatic heterocycles. The Morgan fingerprint density at radius 3 is 2.67 bits per heavy atom. The summed E-state index contributed by atoms with van der Waals surface area (Å²) < 4.78 is 0.961. The minimum atomic E-state index is -0.485. The predicted molar refractivity (Wildman–Crippen MR) is 57.4 cm³/mol. The lowest BCUT2D eigenvalue weighted by molar-refractivity contribution is 0.100. The van der Waals surface area contributed by atoms with Crippen LogP contribution in [0.25, 0.3) is 0 Å². The first-order valence-corrected chi connectivity index (χ1v) is 4.73. The van der Waals surface area contributed by atoms with Gasteiger partial charge >= 0.3 is 0 Å². The zero-order valence-corrected chi connectivity index (χ0v) is 9.31. The summed E-state index contributed by atoms with van der Waals surface area (Å²) in [6, 6.07) is 3.58. The number of hydrogen-bond donors (Lipinski definition) is 1. The van der Waals surface area contributed by atoms with E-state index >= 15 is 0 Å². The van der Waals surface area contributed by atoms with Gasteiger partial charge in [0, 0.05) is 3.57 Å². The molecule has 4 heteroatoms. The standard InChI is InChI=1S/C8H7ClINO/c1-4-2-5(10)3-6(7(4)9)8(11)12/h2-3H,1H3,(H2,11,12). The number of rotatable bonds is 1. The van der Waals surface area contributed by atoms with Crippen molar-refractivity contribution in [2.45, 2.75) is 6.92 Å². The van der Waals surface area contributed by atoms with Crippen molar-refractivity contribution in [3.05, 3.63) is 31.9 Å². The highest BCUT2D eigenvalue weighted by molar-refractivity contribution is 14.1.